The number of carbonyl (C=O) groups is 2. The molecule has 2 aromatic rings. The number of nitrogens with one attached hydrogen (secondary N) is 1. The minimum absolute atomic E-state index is 0.0382. The molecule has 2 aromatic carbocycles. The lowest BCUT2D eigenvalue weighted by atomic mass is 9.83. The van der Waals surface area contributed by atoms with E-state index in [0.29, 0.717) is 16.7 Å². The van der Waals surface area contributed by atoms with Crippen molar-refractivity contribution in [1.29, 1.82) is 0 Å². The zero-order chi connectivity index (χ0) is 19.7. The van der Waals surface area contributed by atoms with Crippen LogP contribution >= 0.6 is 0 Å². The van der Waals surface area contributed by atoms with Crippen molar-refractivity contribution in [2.45, 2.75) is 32.6 Å². The fourth-order valence-electron chi connectivity index (χ4n) is 3.63. The molecule has 142 valence electrons. The zero-order valence-electron chi connectivity index (χ0n) is 15.1. The topological polar surface area (TPSA) is 46.2 Å². The molecule has 1 N–H and O–H groups in total. The summed E-state index contributed by atoms with van der Waals surface area (Å²) < 4.78 is 42.0. The number of hydrogen-bond donors (Lipinski definition) is 1. The molecule has 1 saturated heterocycles. The van der Waals surface area contributed by atoms with Gasteiger partial charge in [0.15, 0.2) is 0 Å². The van der Waals surface area contributed by atoms with E-state index in [-0.39, 0.29) is 42.5 Å². The maximum absolute atomic E-state index is 14.3. The number of Topliss-reactive ketones (excluding diaryl/α,β-unsaturated/α-hetero) is 1. The Labute approximate surface area is 155 Å². The van der Waals surface area contributed by atoms with E-state index in [9.17, 15) is 22.8 Å². The van der Waals surface area contributed by atoms with Gasteiger partial charge in [0.1, 0.15) is 23.2 Å². The average Bonchev–Trinajstić information content (AvgIpc) is 2.91. The fraction of sp³-hybridized carbons (Fsp3) is 0.333. The lowest BCUT2D eigenvalue weighted by molar-refractivity contribution is -0.127. The summed E-state index contributed by atoms with van der Waals surface area (Å²) in [6, 6.07) is 6.84. The molecule has 1 heterocycles. The molecule has 0 spiro atoms. The Bertz CT molecular complexity index is 887. The van der Waals surface area contributed by atoms with Crippen LogP contribution in [0, 0.1) is 37.2 Å². The van der Waals surface area contributed by atoms with Gasteiger partial charge in [0, 0.05) is 30.9 Å². The summed E-state index contributed by atoms with van der Waals surface area (Å²) in [5.41, 5.74) is 1.36. The Morgan fingerprint density at radius 1 is 1.07 bits per heavy atom. The fourth-order valence-corrected chi connectivity index (χ4v) is 3.63. The van der Waals surface area contributed by atoms with Gasteiger partial charge in [0.2, 0.25) is 5.91 Å². The summed E-state index contributed by atoms with van der Waals surface area (Å²) >= 11 is 0. The van der Waals surface area contributed by atoms with E-state index in [1.807, 2.05) is 0 Å². The van der Waals surface area contributed by atoms with E-state index in [4.69, 9.17) is 0 Å². The molecule has 1 aliphatic rings. The summed E-state index contributed by atoms with van der Waals surface area (Å²) in [4.78, 5) is 24.6. The number of rotatable bonds is 5. The molecular formula is C21H20F3NO2. The van der Waals surface area contributed by atoms with Gasteiger partial charge in [-0.05, 0) is 48.7 Å². The Kier molecular flexibility index (Phi) is 5.35. The highest BCUT2D eigenvalue weighted by Crippen LogP contribution is 2.35. The normalized spacial score (nSPS) is 19.2. The van der Waals surface area contributed by atoms with Crippen molar-refractivity contribution >= 4 is 11.7 Å². The van der Waals surface area contributed by atoms with Crippen LogP contribution in [-0.4, -0.2) is 18.2 Å². The molecule has 6 heteroatoms. The van der Waals surface area contributed by atoms with Crippen molar-refractivity contribution in [3.63, 3.8) is 0 Å². The zero-order valence-corrected chi connectivity index (χ0v) is 15.1. The standard InChI is InChI=1S/C21H20F3NO2/c1-11-5-18(23)20(19(24)6-11)16-10-25-21(27)15(16)9-14(26)8-13-3-4-17(22)12(2)7-13/h3-7,15-16H,8-10H2,1-2H3,(H,25,27)/t15-,16+/m0/s1. The van der Waals surface area contributed by atoms with E-state index in [2.05, 4.69) is 5.32 Å². The molecule has 1 aliphatic heterocycles. The minimum atomic E-state index is -0.828. The third-order valence-electron chi connectivity index (χ3n) is 4.98. The highest BCUT2D eigenvalue weighted by atomic mass is 19.1. The van der Waals surface area contributed by atoms with E-state index >= 15 is 0 Å². The Morgan fingerprint density at radius 3 is 2.37 bits per heavy atom. The maximum Gasteiger partial charge on any atom is 0.224 e. The molecular weight excluding hydrogens is 355 g/mol. The molecule has 0 aromatic heterocycles. The van der Waals surface area contributed by atoms with Crippen LogP contribution in [0.2, 0.25) is 0 Å². The van der Waals surface area contributed by atoms with Crippen LogP contribution in [-0.2, 0) is 16.0 Å². The molecule has 0 radical (unpaired) electrons. The predicted octanol–water partition coefficient (Wildman–Crippen LogP) is 3.75. The monoisotopic (exact) mass is 375 g/mol. The number of hydrogen-bond acceptors (Lipinski definition) is 2. The van der Waals surface area contributed by atoms with Gasteiger partial charge in [0.05, 0.1) is 5.92 Å². The lowest BCUT2D eigenvalue weighted by Gasteiger charge is -2.18. The number of halogens is 3. The summed E-state index contributed by atoms with van der Waals surface area (Å²) in [6.07, 6.45) is -0.0871. The van der Waals surface area contributed by atoms with Crippen LogP contribution < -0.4 is 5.32 Å². The molecule has 1 amide bonds. The third kappa shape index (κ3) is 4.04. The number of benzene rings is 2. The minimum Gasteiger partial charge on any atom is -0.355 e. The van der Waals surface area contributed by atoms with Gasteiger partial charge in [0.25, 0.3) is 0 Å². The molecule has 0 bridgehead atoms. The number of aryl methyl sites for hydroxylation is 2. The maximum atomic E-state index is 14.3. The van der Waals surface area contributed by atoms with Crippen molar-refractivity contribution < 1.29 is 22.8 Å². The Balaban J connectivity index is 1.79. The first kappa shape index (κ1) is 19.1. The summed E-state index contributed by atoms with van der Waals surface area (Å²) in [6.45, 7) is 3.27. The smallest absolute Gasteiger partial charge is 0.224 e. The van der Waals surface area contributed by atoms with E-state index in [1.165, 1.54) is 24.3 Å². The van der Waals surface area contributed by atoms with Crippen molar-refractivity contribution in [3.8, 4) is 0 Å². The largest absolute Gasteiger partial charge is 0.355 e. The second-order valence-electron chi connectivity index (χ2n) is 7.10. The number of amides is 1. The van der Waals surface area contributed by atoms with Crippen molar-refractivity contribution in [2.75, 3.05) is 6.54 Å². The van der Waals surface area contributed by atoms with Crippen LogP contribution in [0.25, 0.3) is 0 Å². The Hall–Kier alpha value is -2.63. The van der Waals surface area contributed by atoms with E-state index in [1.54, 1.807) is 19.9 Å². The summed E-state index contributed by atoms with van der Waals surface area (Å²) in [7, 11) is 0. The Morgan fingerprint density at radius 2 is 1.74 bits per heavy atom. The van der Waals surface area contributed by atoms with E-state index in [0.717, 1.165) is 0 Å². The predicted molar refractivity (Wildman–Crippen MR) is 94.8 cm³/mol. The molecule has 2 atom stereocenters. The second-order valence-corrected chi connectivity index (χ2v) is 7.10. The van der Waals surface area contributed by atoms with Gasteiger partial charge in [-0.25, -0.2) is 13.2 Å². The van der Waals surface area contributed by atoms with E-state index < -0.39 is 23.5 Å². The van der Waals surface area contributed by atoms with Crippen molar-refractivity contribution in [2.24, 2.45) is 5.92 Å². The molecule has 3 nitrogen and oxygen atoms in total. The van der Waals surface area contributed by atoms with Crippen LogP contribution in [0.5, 0.6) is 0 Å². The second kappa shape index (κ2) is 7.55. The molecule has 1 fully saturated rings. The quantitative estimate of drug-likeness (QED) is 0.865. The van der Waals surface area contributed by atoms with Crippen LogP contribution in [0.4, 0.5) is 13.2 Å². The van der Waals surface area contributed by atoms with Crippen LogP contribution in [0.3, 0.4) is 0 Å². The van der Waals surface area contributed by atoms with Crippen molar-refractivity contribution in [1.82, 2.24) is 5.32 Å². The molecule has 27 heavy (non-hydrogen) atoms. The van der Waals surface area contributed by atoms with Crippen LogP contribution in [0.15, 0.2) is 30.3 Å². The number of carbonyl (C=O) groups excluding carboxylic acids is 2. The third-order valence-corrected chi connectivity index (χ3v) is 4.98. The molecule has 0 saturated carbocycles. The molecule has 0 aliphatic carbocycles. The summed E-state index contributed by atoms with van der Waals surface area (Å²) in [5.74, 6) is -3.96. The number of ketones is 1. The van der Waals surface area contributed by atoms with Gasteiger partial charge in [-0.15, -0.1) is 0 Å². The summed E-state index contributed by atoms with van der Waals surface area (Å²) in [5, 5.41) is 2.60. The first-order valence-corrected chi connectivity index (χ1v) is 8.76. The first-order chi connectivity index (χ1) is 12.8. The molecule has 3 rings (SSSR count). The SMILES string of the molecule is Cc1cc(F)c([C@@H]2CNC(=O)[C@H]2CC(=O)Cc2ccc(F)c(C)c2)c(F)c1. The highest BCUT2D eigenvalue weighted by molar-refractivity contribution is 5.90. The van der Waals surface area contributed by atoms with Gasteiger partial charge < -0.3 is 5.32 Å². The van der Waals surface area contributed by atoms with Gasteiger partial charge in [-0.1, -0.05) is 12.1 Å². The average molecular weight is 375 g/mol. The van der Waals surface area contributed by atoms with Gasteiger partial charge in [-0.3, -0.25) is 9.59 Å². The van der Waals surface area contributed by atoms with Crippen molar-refractivity contribution in [3.05, 3.63) is 70.0 Å². The van der Waals surface area contributed by atoms with Gasteiger partial charge in [-0.2, -0.15) is 0 Å². The molecule has 0 unspecified atom stereocenters. The van der Waals surface area contributed by atoms with Crippen LogP contribution in [0.1, 0.15) is 34.6 Å². The first-order valence-electron chi connectivity index (χ1n) is 8.76. The highest BCUT2D eigenvalue weighted by Gasteiger charge is 2.39. The van der Waals surface area contributed by atoms with Gasteiger partial charge >= 0.3 is 0 Å². The lowest BCUT2D eigenvalue weighted by Crippen LogP contribution is -2.23.